The van der Waals surface area contributed by atoms with E-state index in [0.717, 1.165) is 11.3 Å². The topological polar surface area (TPSA) is 77.2 Å². The highest BCUT2D eigenvalue weighted by Gasteiger charge is 2.22. The van der Waals surface area contributed by atoms with Gasteiger partial charge in [0.1, 0.15) is 18.1 Å². The number of ether oxygens (including phenoxy) is 1. The van der Waals surface area contributed by atoms with Crippen LogP contribution in [0, 0.1) is 13.8 Å². The van der Waals surface area contributed by atoms with E-state index in [-0.39, 0.29) is 23.1 Å². The molecule has 0 aliphatic heterocycles. The Morgan fingerprint density at radius 1 is 1.27 bits per heavy atom. The van der Waals surface area contributed by atoms with Gasteiger partial charge in [-0.25, -0.2) is 4.98 Å². The Labute approximate surface area is 160 Å². The van der Waals surface area contributed by atoms with Gasteiger partial charge in [-0.2, -0.15) is 0 Å². The Morgan fingerprint density at radius 2 is 2.04 bits per heavy atom. The lowest BCUT2D eigenvalue weighted by atomic mass is 10.2. The van der Waals surface area contributed by atoms with Crippen molar-refractivity contribution in [3.05, 3.63) is 69.2 Å². The zero-order chi connectivity index (χ0) is 18.7. The second kappa shape index (κ2) is 7.76. The summed E-state index contributed by atoms with van der Waals surface area (Å²) in [7, 11) is 0. The molecule has 0 aliphatic carbocycles. The number of carbonyl (C=O) groups is 1. The largest absolute Gasteiger partial charge is 0.488 e. The molecule has 3 rings (SSSR count). The summed E-state index contributed by atoms with van der Waals surface area (Å²) >= 11 is 11.8. The fourth-order valence-corrected chi connectivity index (χ4v) is 2.71. The minimum Gasteiger partial charge on any atom is -0.488 e. The van der Waals surface area contributed by atoms with Crippen LogP contribution in [0.15, 0.2) is 41.1 Å². The Balaban J connectivity index is 1.78. The predicted octanol–water partition coefficient (Wildman–Crippen LogP) is 4.82. The first kappa shape index (κ1) is 18.2. The summed E-state index contributed by atoms with van der Waals surface area (Å²) < 4.78 is 11.0. The molecule has 8 heteroatoms. The first-order valence-electron chi connectivity index (χ1n) is 7.71. The van der Waals surface area contributed by atoms with Crippen LogP contribution in [0.2, 0.25) is 10.0 Å². The van der Waals surface area contributed by atoms with Crippen LogP contribution in [0.4, 0.5) is 5.82 Å². The molecular formula is C18H15Cl2N3O3. The van der Waals surface area contributed by atoms with Crippen LogP contribution in [0.5, 0.6) is 5.75 Å². The van der Waals surface area contributed by atoms with Crippen LogP contribution < -0.4 is 10.1 Å². The number of halogens is 2. The molecule has 2 aromatic heterocycles. The lowest BCUT2D eigenvalue weighted by Crippen LogP contribution is -2.16. The van der Waals surface area contributed by atoms with Gasteiger partial charge in [-0.05, 0) is 31.5 Å². The van der Waals surface area contributed by atoms with E-state index >= 15 is 0 Å². The summed E-state index contributed by atoms with van der Waals surface area (Å²) in [5.41, 5.74) is 1.66. The highest BCUT2D eigenvalue weighted by Crippen LogP contribution is 2.25. The molecule has 26 heavy (non-hydrogen) atoms. The van der Waals surface area contributed by atoms with Crippen molar-refractivity contribution in [2.75, 3.05) is 5.32 Å². The van der Waals surface area contributed by atoms with Crippen LogP contribution in [0.25, 0.3) is 0 Å². The van der Waals surface area contributed by atoms with E-state index in [2.05, 4.69) is 15.5 Å². The van der Waals surface area contributed by atoms with E-state index in [1.165, 1.54) is 12.3 Å². The normalized spacial score (nSPS) is 10.6. The van der Waals surface area contributed by atoms with Gasteiger partial charge in [0, 0.05) is 6.20 Å². The maximum atomic E-state index is 12.5. The van der Waals surface area contributed by atoms with Gasteiger partial charge in [0.05, 0.1) is 15.6 Å². The third kappa shape index (κ3) is 3.98. The highest BCUT2D eigenvalue weighted by atomic mass is 35.5. The van der Waals surface area contributed by atoms with Gasteiger partial charge in [-0.3, -0.25) is 4.79 Å². The van der Waals surface area contributed by atoms with Crippen LogP contribution in [-0.4, -0.2) is 16.0 Å². The second-order valence-electron chi connectivity index (χ2n) is 5.56. The number of aromatic nitrogens is 2. The zero-order valence-corrected chi connectivity index (χ0v) is 15.6. The molecule has 0 aliphatic rings. The number of aryl methyl sites for hydroxylation is 2. The number of anilines is 1. The molecule has 0 spiro atoms. The van der Waals surface area contributed by atoms with Crippen molar-refractivity contribution in [2.45, 2.75) is 20.5 Å². The third-order valence-electron chi connectivity index (χ3n) is 3.71. The quantitative estimate of drug-likeness (QED) is 0.673. The van der Waals surface area contributed by atoms with Crippen LogP contribution in [0.3, 0.4) is 0 Å². The molecule has 0 bridgehead atoms. The van der Waals surface area contributed by atoms with Crippen molar-refractivity contribution < 1.29 is 14.1 Å². The zero-order valence-electron chi connectivity index (χ0n) is 14.0. The number of hydrogen-bond donors (Lipinski definition) is 1. The highest BCUT2D eigenvalue weighted by molar-refractivity contribution is 6.36. The first-order chi connectivity index (χ1) is 12.5. The van der Waals surface area contributed by atoms with Gasteiger partial charge >= 0.3 is 0 Å². The number of para-hydroxylation sites is 1. The summed E-state index contributed by atoms with van der Waals surface area (Å²) in [5.74, 6) is 0.912. The SMILES string of the molecule is Cc1ccccc1OCc1c(C(=O)Nc2ncc(Cl)cc2Cl)noc1C. The molecular weight excluding hydrogens is 377 g/mol. The smallest absolute Gasteiger partial charge is 0.279 e. The Hall–Kier alpha value is -2.57. The monoisotopic (exact) mass is 391 g/mol. The van der Waals surface area contributed by atoms with Crippen molar-refractivity contribution >= 4 is 34.9 Å². The number of amides is 1. The molecule has 1 N–H and O–H groups in total. The summed E-state index contributed by atoms with van der Waals surface area (Å²) in [6, 6.07) is 9.09. The van der Waals surface area contributed by atoms with Gasteiger partial charge in [0.25, 0.3) is 5.91 Å². The van der Waals surface area contributed by atoms with Gasteiger partial charge in [0.15, 0.2) is 11.5 Å². The van der Waals surface area contributed by atoms with E-state index in [4.69, 9.17) is 32.5 Å². The maximum absolute atomic E-state index is 12.5. The number of nitrogens with one attached hydrogen (secondary N) is 1. The van der Waals surface area contributed by atoms with Crippen molar-refractivity contribution in [1.29, 1.82) is 0 Å². The second-order valence-corrected chi connectivity index (χ2v) is 6.40. The Morgan fingerprint density at radius 3 is 2.77 bits per heavy atom. The molecule has 134 valence electrons. The Bertz CT molecular complexity index is 957. The van der Waals surface area contributed by atoms with Crippen LogP contribution >= 0.6 is 23.2 Å². The Kier molecular flexibility index (Phi) is 5.44. The van der Waals surface area contributed by atoms with Gasteiger partial charge in [-0.1, -0.05) is 46.6 Å². The van der Waals surface area contributed by atoms with E-state index in [1.54, 1.807) is 6.92 Å². The van der Waals surface area contributed by atoms with Crippen LogP contribution in [0.1, 0.15) is 27.4 Å². The molecule has 0 radical (unpaired) electrons. The molecule has 0 atom stereocenters. The summed E-state index contributed by atoms with van der Waals surface area (Å²) in [4.78, 5) is 16.5. The van der Waals surface area contributed by atoms with Crippen molar-refractivity contribution in [1.82, 2.24) is 10.1 Å². The van der Waals surface area contributed by atoms with Gasteiger partial charge in [-0.15, -0.1) is 0 Å². The number of carbonyl (C=O) groups excluding carboxylic acids is 1. The van der Waals surface area contributed by atoms with Crippen molar-refractivity contribution in [3.8, 4) is 5.75 Å². The van der Waals surface area contributed by atoms with Gasteiger partial charge < -0.3 is 14.6 Å². The molecule has 6 nitrogen and oxygen atoms in total. The minimum absolute atomic E-state index is 0.115. The number of hydrogen-bond acceptors (Lipinski definition) is 5. The van der Waals surface area contributed by atoms with E-state index in [9.17, 15) is 4.79 Å². The number of benzene rings is 1. The van der Waals surface area contributed by atoms with Crippen molar-refractivity contribution in [2.24, 2.45) is 0 Å². The lowest BCUT2D eigenvalue weighted by molar-refractivity contribution is 0.101. The van der Waals surface area contributed by atoms with E-state index < -0.39 is 5.91 Å². The first-order valence-corrected chi connectivity index (χ1v) is 8.47. The molecule has 0 fully saturated rings. The molecule has 0 saturated heterocycles. The maximum Gasteiger partial charge on any atom is 0.279 e. The van der Waals surface area contributed by atoms with Crippen molar-refractivity contribution in [3.63, 3.8) is 0 Å². The third-order valence-corrected chi connectivity index (χ3v) is 4.20. The molecule has 0 unspecified atom stereocenters. The molecule has 1 amide bonds. The van der Waals surface area contributed by atoms with E-state index in [0.29, 0.717) is 16.3 Å². The number of rotatable bonds is 5. The van der Waals surface area contributed by atoms with E-state index in [1.807, 2.05) is 31.2 Å². The average Bonchev–Trinajstić information content (AvgIpc) is 2.97. The fourth-order valence-electron chi connectivity index (χ4n) is 2.28. The molecule has 3 aromatic rings. The lowest BCUT2D eigenvalue weighted by Gasteiger charge is -2.09. The molecule has 0 saturated carbocycles. The van der Waals surface area contributed by atoms with Gasteiger partial charge in [0.2, 0.25) is 0 Å². The predicted molar refractivity (Wildman–Crippen MR) is 99.0 cm³/mol. The van der Waals surface area contributed by atoms with Crippen LogP contribution in [-0.2, 0) is 6.61 Å². The molecule has 1 aromatic carbocycles. The summed E-state index contributed by atoms with van der Waals surface area (Å²) in [5, 5.41) is 7.03. The number of pyridine rings is 1. The standard InChI is InChI=1S/C18H15Cl2N3O3/c1-10-5-3-4-6-15(10)25-9-13-11(2)26-23-16(13)18(24)22-17-14(20)7-12(19)8-21-17/h3-8H,9H2,1-2H3,(H,21,22,24). The summed E-state index contributed by atoms with van der Waals surface area (Å²) in [6.07, 6.45) is 1.39. The molecule has 2 heterocycles. The summed E-state index contributed by atoms with van der Waals surface area (Å²) in [6.45, 7) is 3.80. The fraction of sp³-hybridized carbons (Fsp3) is 0.167. The average molecular weight is 392 g/mol. The number of nitrogens with zero attached hydrogens (tertiary/aromatic N) is 2. The minimum atomic E-state index is -0.498.